The molecule has 1 unspecified atom stereocenters. The van der Waals surface area contributed by atoms with Crippen LogP contribution in [-0.2, 0) is 0 Å². The van der Waals surface area contributed by atoms with Gasteiger partial charge in [0.25, 0.3) is 0 Å². The lowest BCUT2D eigenvalue weighted by molar-refractivity contribution is 0.604. The molecule has 1 heterocycles. The highest BCUT2D eigenvalue weighted by Gasteiger charge is 2.22. The number of nitrogens with zero attached hydrogens (tertiary/aromatic N) is 1. The zero-order valence-corrected chi connectivity index (χ0v) is 14.1. The van der Waals surface area contributed by atoms with Crippen molar-refractivity contribution in [2.45, 2.75) is 39.7 Å². The number of thiophene rings is 1. The van der Waals surface area contributed by atoms with E-state index in [0.29, 0.717) is 6.54 Å². The Hall–Kier alpha value is -1.32. The van der Waals surface area contributed by atoms with E-state index >= 15 is 0 Å². The fourth-order valence-corrected chi connectivity index (χ4v) is 3.80. The smallest absolute Gasteiger partial charge is 0.0675 e. The first-order valence-electron chi connectivity index (χ1n) is 7.76. The Morgan fingerprint density at radius 1 is 1.19 bits per heavy atom. The van der Waals surface area contributed by atoms with Gasteiger partial charge in [0.2, 0.25) is 0 Å². The van der Waals surface area contributed by atoms with Gasteiger partial charge in [0.15, 0.2) is 0 Å². The standard InChI is InChI=1S/C18H26N2S/c1-4-5-11-20(16-9-7-6-8-10-16)18(13-19)17-12-14(2)21-15(17)3/h6-10,12,18H,4-5,11,13,19H2,1-3H3. The second-order valence-electron chi connectivity index (χ2n) is 5.50. The maximum absolute atomic E-state index is 6.16. The number of hydrogen-bond donors (Lipinski definition) is 1. The molecule has 0 radical (unpaired) electrons. The molecule has 0 fully saturated rings. The molecule has 0 saturated carbocycles. The number of rotatable bonds is 7. The highest BCUT2D eigenvalue weighted by molar-refractivity contribution is 7.12. The highest BCUT2D eigenvalue weighted by Crippen LogP contribution is 2.32. The lowest BCUT2D eigenvalue weighted by Crippen LogP contribution is -2.34. The molecule has 0 saturated heterocycles. The maximum atomic E-state index is 6.16. The molecule has 2 aromatic rings. The molecule has 1 atom stereocenters. The van der Waals surface area contributed by atoms with Crippen LogP contribution in [0.5, 0.6) is 0 Å². The number of anilines is 1. The van der Waals surface area contributed by atoms with Crippen LogP contribution < -0.4 is 10.6 Å². The lowest BCUT2D eigenvalue weighted by Gasteiger charge is -2.33. The number of nitrogens with two attached hydrogens (primary N) is 1. The largest absolute Gasteiger partial charge is 0.363 e. The van der Waals surface area contributed by atoms with Gasteiger partial charge in [0.1, 0.15) is 0 Å². The van der Waals surface area contributed by atoms with Crippen LogP contribution in [0, 0.1) is 13.8 Å². The SMILES string of the molecule is CCCCN(c1ccccc1)C(CN)c1cc(C)sc1C. The molecule has 0 spiro atoms. The molecule has 114 valence electrons. The van der Waals surface area contributed by atoms with Gasteiger partial charge >= 0.3 is 0 Å². The van der Waals surface area contributed by atoms with Crippen molar-refractivity contribution in [2.24, 2.45) is 5.73 Å². The van der Waals surface area contributed by atoms with Gasteiger partial charge in [0.05, 0.1) is 6.04 Å². The van der Waals surface area contributed by atoms with E-state index < -0.39 is 0 Å². The van der Waals surface area contributed by atoms with Gasteiger partial charge in [0, 0.05) is 28.5 Å². The third kappa shape index (κ3) is 3.86. The molecule has 21 heavy (non-hydrogen) atoms. The van der Waals surface area contributed by atoms with Gasteiger partial charge in [-0.15, -0.1) is 11.3 Å². The van der Waals surface area contributed by atoms with Crippen molar-refractivity contribution >= 4 is 17.0 Å². The van der Waals surface area contributed by atoms with Crippen LogP contribution in [-0.4, -0.2) is 13.1 Å². The summed E-state index contributed by atoms with van der Waals surface area (Å²) in [5, 5.41) is 0. The summed E-state index contributed by atoms with van der Waals surface area (Å²) in [6.45, 7) is 8.32. The first kappa shape index (κ1) is 16.1. The molecule has 2 N–H and O–H groups in total. The van der Waals surface area contributed by atoms with Gasteiger partial charge in [-0.3, -0.25) is 0 Å². The number of unbranched alkanes of at least 4 members (excludes halogenated alkanes) is 1. The highest BCUT2D eigenvalue weighted by atomic mass is 32.1. The van der Waals surface area contributed by atoms with Crippen LogP contribution in [0.2, 0.25) is 0 Å². The molecule has 0 aliphatic carbocycles. The van der Waals surface area contributed by atoms with Crippen LogP contribution in [0.15, 0.2) is 36.4 Å². The van der Waals surface area contributed by atoms with Crippen LogP contribution in [0.3, 0.4) is 0 Å². The molecule has 0 amide bonds. The number of benzene rings is 1. The van der Waals surface area contributed by atoms with Crippen LogP contribution in [0.4, 0.5) is 5.69 Å². The summed E-state index contributed by atoms with van der Waals surface area (Å²) in [6, 6.07) is 13.2. The molecule has 0 aliphatic rings. The van der Waals surface area contributed by atoms with Crippen LogP contribution in [0.25, 0.3) is 0 Å². The fraction of sp³-hybridized carbons (Fsp3) is 0.444. The van der Waals surface area contributed by atoms with Gasteiger partial charge < -0.3 is 10.6 Å². The summed E-state index contributed by atoms with van der Waals surface area (Å²) in [5.41, 5.74) is 8.81. The average Bonchev–Trinajstić information content (AvgIpc) is 2.83. The third-order valence-electron chi connectivity index (χ3n) is 3.88. The Labute approximate surface area is 132 Å². The second kappa shape index (κ2) is 7.62. The third-order valence-corrected chi connectivity index (χ3v) is 4.86. The molecule has 2 rings (SSSR count). The quantitative estimate of drug-likeness (QED) is 0.805. The topological polar surface area (TPSA) is 29.3 Å². The molecular formula is C18H26N2S. The van der Waals surface area contributed by atoms with Gasteiger partial charge in [-0.05, 0) is 44.0 Å². The molecule has 2 nitrogen and oxygen atoms in total. The minimum absolute atomic E-state index is 0.267. The summed E-state index contributed by atoms with van der Waals surface area (Å²) in [5.74, 6) is 0. The Morgan fingerprint density at radius 3 is 2.43 bits per heavy atom. The van der Waals surface area contributed by atoms with Crippen molar-refractivity contribution in [2.75, 3.05) is 18.0 Å². The van der Waals surface area contributed by atoms with Crippen molar-refractivity contribution in [3.63, 3.8) is 0 Å². The Morgan fingerprint density at radius 2 is 1.90 bits per heavy atom. The molecule has 3 heteroatoms. The molecule has 0 bridgehead atoms. The van der Waals surface area contributed by atoms with Crippen molar-refractivity contribution in [3.8, 4) is 0 Å². The lowest BCUT2D eigenvalue weighted by atomic mass is 10.0. The summed E-state index contributed by atoms with van der Waals surface area (Å²) < 4.78 is 0. The summed E-state index contributed by atoms with van der Waals surface area (Å²) in [7, 11) is 0. The van der Waals surface area contributed by atoms with E-state index in [0.717, 1.165) is 6.54 Å². The molecule has 1 aromatic carbocycles. The Kier molecular flexibility index (Phi) is 5.83. The van der Waals surface area contributed by atoms with Crippen molar-refractivity contribution in [3.05, 3.63) is 51.7 Å². The van der Waals surface area contributed by atoms with Gasteiger partial charge in [-0.1, -0.05) is 31.5 Å². The number of hydrogen-bond acceptors (Lipinski definition) is 3. The van der Waals surface area contributed by atoms with E-state index in [2.05, 4.69) is 62.1 Å². The van der Waals surface area contributed by atoms with E-state index in [1.165, 1.54) is 33.8 Å². The van der Waals surface area contributed by atoms with Crippen molar-refractivity contribution in [1.82, 2.24) is 0 Å². The van der Waals surface area contributed by atoms with Gasteiger partial charge in [-0.2, -0.15) is 0 Å². The zero-order chi connectivity index (χ0) is 15.2. The van der Waals surface area contributed by atoms with Crippen molar-refractivity contribution in [1.29, 1.82) is 0 Å². The maximum Gasteiger partial charge on any atom is 0.0675 e. The zero-order valence-electron chi connectivity index (χ0n) is 13.3. The van der Waals surface area contributed by atoms with Crippen LogP contribution >= 0.6 is 11.3 Å². The van der Waals surface area contributed by atoms with Crippen LogP contribution in [0.1, 0.15) is 41.1 Å². The number of aryl methyl sites for hydroxylation is 2. The summed E-state index contributed by atoms with van der Waals surface area (Å²) in [6.07, 6.45) is 2.38. The van der Waals surface area contributed by atoms with E-state index in [-0.39, 0.29) is 6.04 Å². The number of para-hydroxylation sites is 1. The second-order valence-corrected chi connectivity index (χ2v) is 6.96. The molecule has 0 aliphatic heterocycles. The summed E-state index contributed by atoms with van der Waals surface area (Å²) in [4.78, 5) is 5.22. The fourth-order valence-electron chi connectivity index (χ4n) is 2.82. The van der Waals surface area contributed by atoms with E-state index in [9.17, 15) is 0 Å². The first-order valence-corrected chi connectivity index (χ1v) is 8.57. The normalized spacial score (nSPS) is 12.4. The Bertz CT molecular complexity index is 548. The predicted octanol–water partition coefficient (Wildman–Crippen LogP) is 4.67. The first-order chi connectivity index (χ1) is 10.2. The van der Waals surface area contributed by atoms with E-state index in [1.54, 1.807) is 0 Å². The van der Waals surface area contributed by atoms with Gasteiger partial charge in [-0.25, -0.2) is 0 Å². The van der Waals surface area contributed by atoms with E-state index in [4.69, 9.17) is 5.73 Å². The minimum Gasteiger partial charge on any atom is -0.363 e. The predicted molar refractivity (Wildman–Crippen MR) is 94.3 cm³/mol. The van der Waals surface area contributed by atoms with Crippen molar-refractivity contribution < 1.29 is 0 Å². The monoisotopic (exact) mass is 302 g/mol. The molecule has 1 aromatic heterocycles. The van der Waals surface area contributed by atoms with E-state index in [1.807, 2.05) is 11.3 Å². The molecular weight excluding hydrogens is 276 g/mol. The average molecular weight is 302 g/mol. The summed E-state index contributed by atoms with van der Waals surface area (Å²) >= 11 is 1.87. The minimum atomic E-state index is 0.267. The Balaban J connectivity index is 2.35.